The van der Waals surface area contributed by atoms with E-state index in [9.17, 15) is 4.79 Å². The SMILES string of the molecule is COc1ccccc1-c1c2c(=O)n(-c3ccn[nH]3)ccc2nc2nc(C)nn12. The van der Waals surface area contributed by atoms with Gasteiger partial charge in [-0.2, -0.15) is 14.6 Å². The summed E-state index contributed by atoms with van der Waals surface area (Å²) in [6.45, 7) is 1.79. The summed E-state index contributed by atoms with van der Waals surface area (Å²) in [5, 5.41) is 11.6. The number of aromatic nitrogens is 7. The molecule has 4 aromatic heterocycles. The van der Waals surface area contributed by atoms with Crippen molar-refractivity contribution in [3.05, 3.63) is 65.0 Å². The van der Waals surface area contributed by atoms with Crippen molar-refractivity contribution in [3.8, 4) is 22.8 Å². The van der Waals surface area contributed by atoms with Crippen molar-refractivity contribution in [2.75, 3.05) is 7.11 Å². The first kappa shape index (κ1) is 16.2. The number of hydrogen-bond donors (Lipinski definition) is 1. The van der Waals surface area contributed by atoms with Gasteiger partial charge in [-0.05, 0) is 25.1 Å². The van der Waals surface area contributed by atoms with E-state index in [-0.39, 0.29) is 5.56 Å². The Hall–Kier alpha value is -4.01. The number of H-pyrrole nitrogens is 1. The Balaban J connectivity index is 1.99. The number of nitrogens with zero attached hydrogens (tertiary/aromatic N) is 6. The van der Waals surface area contributed by atoms with E-state index in [2.05, 4.69) is 25.3 Å². The lowest BCUT2D eigenvalue weighted by molar-refractivity contribution is 0.416. The van der Waals surface area contributed by atoms with E-state index in [1.807, 2.05) is 24.3 Å². The zero-order valence-electron chi connectivity index (χ0n) is 15.1. The summed E-state index contributed by atoms with van der Waals surface area (Å²) in [7, 11) is 1.59. The van der Waals surface area contributed by atoms with Crippen LogP contribution in [0, 0.1) is 6.92 Å². The summed E-state index contributed by atoms with van der Waals surface area (Å²) in [5.41, 5.74) is 1.59. The van der Waals surface area contributed by atoms with Crippen molar-refractivity contribution in [3.63, 3.8) is 0 Å². The predicted molar refractivity (Wildman–Crippen MR) is 103 cm³/mol. The standard InChI is InChI=1S/C19H15N7O2/c1-11-21-19-22-13-8-10-25(15-7-9-20-23-15)18(27)16(13)17(26(19)24-11)12-5-3-4-6-14(12)28-2/h3-10H,1-2H3,(H,20,23). The molecule has 1 aromatic carbocycles. The van der Waals surface area contributed by atoms with Gasteiger partial charge in [0.05, 0.1) is 29.9 Å². The molecule has 28 heavy (non-hydrogen) atoms. The molecule has 0 aliphatic rings. The fourth-order valence-electron chi connectivity index (χ4n) is 3.34. The normalized spacial score (nSPS) is 11.4. The third-order valence-electron chi connectivity index (χ3n) is 4.54. The van der Waals surface area contributed by atoms with Crippen molar-refractivity contribution in [2.45, 2.75) is 6.92 Å². The second-order valence-corrected chi connectivity index (χ2v) is 6.22. The number of ether oxygens (including phenoxy) is 1. The molecule has 9 nitrogen and oxygen atoms in total. The molecule has 0 unspecified atom stereocenters. The van der Waals surface area contributed by atoms with Gasteiger partial charge in [0.15, 0.2) is 0 Å². The van der Waals surface area contributed by atoms with Crippen molar-refractivity contribution in [1.82, 2.24) is 34.3 Å². The van der Waals surface area contributed by atoms with Crippen LogP contribution in [0.4, 0.5) is 0 Å². The summed E-state index contributed by atoms with van der Waals surface area (Å²) >= 11 is 0. The van der Waals surface area contributed by atoms with Crippen molar-refractivity contribution in [1.29, 1.82) is 0 Å². The van der Waals surface area contributed by atoms with Gasteiger partial charge in [-0.25, -0.2) is 4.98 Å². The fraction of sp³-hybridized carbons (Fsp3) is 0.105. The topological polar surface area (TPSA) is 103 Å². The van der Waals surface area contributed by atoms with Crippen molar-refractivity contribution < 1.29 is 4.74 Å². The van der Waals surface area contributed by atoms with E-state index in [1.54, 1.807) is 43.1 Å². The summed E-state index contributed by atoms with van der Waals surface area (Å²) < 4.78 is 8.62. The second kappa shape index (κ2) is 6.02. The average Bonchev–Trinajstić information content (AvgIpc) is 3.35. The lowest BCUT2D eigenvalue weighted by Gasteiger charge is -2.13. The molecule has 138 valence electrons. The molecular formula is C19H15N7O2. The number of pyridine rings is 1. The molecular weight excluding hydrogens is 358 g/mol. The Bertz CT molecular complexity index is 1380. The first-order chi connectivity index (χ1) is 13.7. The molecule has 0 saturated carbocycles. The summed E-state index contributed by atoms with van der Waals surface area (Å²) in [4.78, 5) is 22.4. The molecule has 0 atom stereocenters. The van der Waals surface area contributed by atoms with Crippen LogP contribution in [0.2, 0.25) is 0 Å². The molecule has 9 heteroatoms. The van der Waals surface area contributed by atoms with Crippen molar-refractivity contribution in [2.24, 2.45) is 0 Å². The molecule has 0 spiro atoms. The minimum atomic E-state index is -0.245. The lowest BCUT2D eigenvalue weighted by Crippen LogP contribution is -2.20. The van der Waals surface area contributed by atoms with Gasteiger partial charge in [0, 0.05) is 17.8 Å². The highest BCUT2D eigenvalue weighted by Gasteiger charge is 2.20. The number of methoxy groups -OCH3 is 1. The minimum Gasteiger partial charge on any atom is -0.496 e. The highest BCUT2D eigenvalue weighted by atomic mass is 16.5. The molecule has 0 aliphatic carbocycles. The molecule has 0 radical (unpaired) electrons. The van der Waals surface area contributed by atoms with Gasteiger partial charge in [0.2, 0.25) is 0 Å². The summed E-state index contributed by atoms with van der Waals surface area (Å²) in [5.74, 6) is 2.17. The average molecular weight is 373 g/mol. The number of aromatic amines is 1. The number of nitrogens with one attached hydrogen (secondary N) is 1. The summed E-state index contributed by atoms with van der Waals surface area (Å²) in [6.07, 6.45) is 3.26. The van der Waals surface area contributed by atoms with Gasteiger partial charge >= 0.3 is 0 Å². The van der Waals surface area contributed by atoms with Gasteiger partial charge in [-0.1, -0.05) is 12.1 Å². The van der Waals surface area contributed by atoms with Gasteiger partial charge in [-0.3, -0.25) is 14.5 Å². The maximum atomic E-state index is 13.4. The molecule has 5 aromatic rings. The molecule has 0 aliphatic heterocycles. The first-order valence-electron chi connectivity index (χ1n) is 8.59. The third kappa shape index (κ3) is 2.29. The molecule has 0 fully saturated rings. The van der Waals surface area contributed by atoms with E-state index in [4.69, 9.17) is 4.74 Å². The number of rotatable bonds is 3. The monoisotopic (exact) mass is 373 g/mol. The lowest BCUT2D eigenvalue weighted by atomic mass is 10.1. The van der Waals surface area contributed by atoms with E-state index >= 15 is 0 Å². The Kier molecular flexibility index (Phi) is 3.48. The highest BCUT2D eigenvalue weighted by Crippen LogP contribution is 2.33. The zero-order valence-corrected chi connectivity index (χ0v) is 15.1. The van der Waals surface area contributed by atoms with Crippen molar-refractivity contribution >= 4 is 16.7 Å². The highest BCUT2D eigenvalue weighted by molar-refractivity contribution is 5.94. The second-order valence-electron chi connectivity index (χ2n) is 6.22. The number of hydrogen-bond acceptors (Lipinski definition) is 6. The van der Waals surface area contributed by atoms with Gasteiger partial charge in [-0.15, -0.1) is 5.10 Å². The van der Waals surface area contributed by atoms with Crippen LogP contribution >= 0.6 is 0 Å². The minimum absolute atomic E-state index is 0.245. The van der Waals surface area contributed by atoms with Crippen LogP contribution in [-0.2, 0) is 0 Å². The van der Waals surface area contributed by atoms with Crippen LogP contribution in [0.25, 0.3) is 33.8 Å². The molecule has 0 saturated heterocycles. The van der Waals surface area contributed by atoms with E-state index < -0.39 is 0 Å². The Labute approximate surface area is 158 Å². The predicted octanol–water partition coefficient (Wildman–Crippen LogP) is 2.14. The molecule has 4 heterocycles. The smallest absolute Gasteiger partial charge is 0.267 e. The Morgan fingerprint density at radius 2 is 1.96 bits per heavy atom. The van der Waals surface area contributed by atoms with E-state index in [1.165, 1.54) is 4.57 Å². The number of fused-ring (bicyclic) bond motifs is 2. The third-order valence-corrected chi connectivity index (χ3v) is 4.54. The van der Waals surface area contributed by atoms with E-state index in [0.717, 1.165) is 5.56 Å². The van der Waals surface area contributed by atoms with Crippen LogP contribution in [0.5, 0.6) is 5.75 Å². The molecule has 0 bridgehead atoms. The van der Waals surface area contributed by atoms with Gasteiger partial charge < -0.3 is 4.74 Å². The summed E-state index contributed by atoms with van der Waals surface area (Å²) in [6, 6.07) is 11.0. The van der Waals surface area contributed by atoms with Crippen LogP contribution in [0.1, 0.15) is 5.82 Å². The van der Waals surface area contributed by atoms with Crippen LogP contribution in [-0.4, -0.2) is 41.5 Å². The maximum absolute atomic E-state index is 13.4. The molecule has 5 rings (SSSR count). The number of aryl methyl sites for hydroxylation is 1. The largest absolute Gasteiger partial charge is 0.496 e. The zero-order chi connectivity index (χ0) is 19.3. The number of para-hydroxylation sites is 1. The van der Waals surface area contributed by atoms with Crippen LogP contribution in [0.15, 0.2) is 53.6 Å². The van der Waals surface area contributed by atoms with Gasteiger partial charge in [0.1, 0.15) is 17.4 Å². The Morgan fingerprint density at radius 1 is 1.11 bits per heavy atom. The van der Waals surface area contributed by atoms with Crippen LogP contribution in [0.3, 0.4) is 0 Å². The fourth-order valence-corrected chi connectivity index (χ4v) is 3.34. The van der Waals surface area contributed by atoms with E-state index in [0.29, 0.717) is 39.8 Å². The molecule has 1 N–H and O–H groups in total. The van der Waals surface area contributed by atoms with Crippen LogP contribution < -0.4 is 10.3 Å². The number of benzene rings is 1. The molecule has 0 amide bonds. The van der Waals surface area contributed by atoms with Gasteiger partial charge in [0.25, 0.3) is 11.3 Å². The maximum Gasteiger partial charge on any atom is 0.267 e. The first-order valence-corrected chi connectivity index (χ1v) is 8.59. The quantitative estimate of drug-likeness (QED) is 0.520. The Morgan fingerprint density at radius 3 is 2.75 bits per heavy atom.